The fraction of sp³-hybridized carbons (Fsp3) is 0.318. The minimum atomic E-state index is -0.193. The predicted molar refractivity (Wildman–Crippen MR) is 108 cm³/mol. The van der Waals surface area contributed by atoms with Gasteiger partial charge in [-0.25, -0.2) is 9.97 Å². The van der Waals surface area contributed by atoms with E-state index in [1.165, 1.54) is 0 Å². The van der Waals surface area contributed by atoms with Gasteiger partial charge >= 0.3 is 0 Å². The summed E-state index contributed by atoms with van der Waals surface area (Å²) < 4.78 is 5.23. The summed E-state index contributed by atoms with van der Waals surface area (Å²) in [6, 6.07) is 11.5. The number of methoxy groups -OCH3 is 1. The van der Waals surface area contributed by atoms with E-state index < -0.39 is 0 Å². The Hall–Kier alpha value is -2.95. The zero-order valence-corrected chi connectivity index (χ0v) is 16.3. The SMILES string of the molecule is CCCCNC(=O)c1nc2cc(C)c(C)cc2nc1-c1ccc(OC)cc1. The number of aromatic nitrogens is 2. The Bertz CT molecular complexity index is 965. The van der Waals surface area contributed by atoms with Gasteiger partial charge in [0.25, 0.3) is 5.91 Å². The van der Waals surface area contributed by atoms with Crippen molar-refractivity contribution in [3.63, 3.8) is 0 Å². The standard InChI is InChI=1S/C22H25N3O2/c1-5-6-11-23-22(26)21-20(16-7-9-17(27-4)10-8-16)24-18-12-14(2)15(3)13-19(18)25-21/h7-10,12-13H,5-6,11H2,1-4H3,(H,23,26). The topological polar surface area (TPSA) is 64.1 Å². The number of ether oxygens (including phenoxy) is 1. The maximum absolute atomic E-state index is 12.8. The molecule has 27 heavy (non-hydrogen) atoms. The molecule has 0 atom stereocenters. The smallest absolute Gasteiger partial charge is 0.272 e. The van der Waals surface area contributed by atoms with Crippen LogP contribution in [0.15, 0.2) is 36.4 Å². The summed E-state index contributed by atoms with van der Waals surface area (Å²) in [5.74, 6) is 0.565. The summed E-state index contributed by atoms with van der Waals surface area (Å²) in [5.41, 5.74) is 5.58. The molecule has 5 nitrogen and oxygen atoms in total. The number of hydrogen-bond acceptors (Lipinski definition) is 4. The lowest BCUT2D eigenvalue weighted by molar-refractivity contribution is 0.0949. The molecule has 3 rings (SSSR count). The van der Waals surface area contributed by atoms with E-state index in [-0.39, 0.29) is 5.91 Å². The van der Waals surface area contributed by atoms with E-state index in [1.54, 1.807) is 7.11 Å². The van der Waals surface area contributed by atoms with Gasteiger partial charge in [-0.2, -0.15) is 0 Å². The van der Waals surface area contributed by atoms with Gasteiger partial charge in [0.2, 0.25) is 0 Å². The van der Waals surface area contributed by atoms with Crippen LogP contribution in [0.3, 0.4) is 0 Å². The maximum atomic E-state index is 12.8. The van der Waals surface area contributed by atoms with Crippen molar-refractivity contribution in [1.29, 1.82) is 0 Å². The van der Waals surface area contributed by atoms with Crippen molar-refractivity contribution in [2.45, 2.75) is 33.6 Å². The van der Waals surface area contributed by atoms with Crippen molar-refractivity contribution < 1.29 is 9.53 Å². The van der Waals surface area contributed by atoms with Crippen LogP contribution in [0.1, 0.15) is 41.4 Å². The number of carbonyl (C=O) groups is 1. The van der Waals surface area contributed by atoms with E-state index in [1.807, 2.05) is 43.3 Å². The number of aryl methyl sites for hydroxylation is 2. The summed E-state index contributed by atoms with van der Waals surface area (Å²) in [5, 5.41) is 2.96. The Balaban J connectivity index is 2.13. The van der Waals surface area contributed by atoms with Crippen LogP contribution in [0.2, 0.25) is 0 Å². The molecule has 0 bridgehead atoms. The second-order valence-corrected chi connectivity index (χ2v) is 6.68. The van der Waals surface area contributed by atoms with Crippen molar-refractivity contribution in [1.82, 2.24) is 15.3 Å². The number of unbranched alkanes of at least 4 members (excludes halogenated alkanes) is 1. The molecule has 0 aliphatic rings. The van der Waals surface area contributed by atoms with Crippen LogP contribution in [-0.2, 0) is 0 Å². The lowest BCUT2D eigenvalue weighted by atomic mass is 10.1. The van der Waals surface area contributed by atoms with Gasteiger partial charge in [0.1, 0.15) is 11.4 Å². The molecule has 1 amide bonds. The summed E-state index contributed by atoms with van der Waals surface area (Å²) in [6.07, 6.45) is 1.95. The molecule has 140 valence electrons. The molecule has 0 radical (unpaired) electrons. The van der Waals surface area contributed by atoms with E-state index in [0.29, 0.717) is 17.9 Å². The van der Waals surface area contributed by atoms with Gasteiger partial charge in [-0.15, -0.1) is 0 Å². The number of amides is 1. The Morgan fingerprint density at radius 1 is 1.04 bits per heavy atom. The van der Waals surface area contributed by atoms with E-state index >= 15 is 0 Å². The first kappa shape index (κ1) is 18.8. The van der Waals surface area contributed by atoms with Gasteiger partial charge in [-0.05, 0) is 67.8 Å². The van der Waals surface area contributed by atoms with Crippen molar-refractivity contribution in [3.8, 4) is 17.0 Å². The van der Waals surface area contributed by atoms with E-state index in [9.17, 15) is 4.79 Å². The van der Waals surface area contributed by atoms with Crippen LogP contribution >= 0.6 is 0 Å². The van der Waals surface area contributed by atoms with Gasteiger partial charge in [0.05, 0.1) is 18.1 Å². The highest BCUT2D eigenvalue weighted by atomic mass is 16.5. The van der Waals surface area contributed by atoms with E-state index in [4.69, 9.17) is 9.72 Å². The third kappa shape index (κ3) is 4.08. The number of benzene rings is 2. The first-order chi connectivity index (χ1) is 13.0. The normalized spacial score (nSPS) is 10.8. The Labute approximate surface area is 159 Å². The molecule has 0 fully saturated rings. The molecule has 2 aromatic carbocycles. The number of hydrogen-bond donors (Lipinski definition) is 1. The lowest BCUT2D eigenvalue weighted by Gasteiger charge is -2.12. The van der Waals surface area contributed by atoms with Crippen molar-refractivity contribution in [2.75, 3.05) is 13.7 Å². The molecule has 0 aliphatic heterocycles. The van der Waals surface area contributed by atoms with Crippen molar-refractivity contribution >= 4 is 16.9 Å². The average molecular weight is 363 g/mol. The second-order valence-electron chi connectivity index (χ2n) is 6.68. The largest absolute Gasteiger partial charge is 0.497 e. The Kier molecular flexibility index (Phi) is 5.69. The van der Waals surface area contributed by atoms with Crippen molar-refractivity contribution in [3.05, 3.63) is 53.2 Å². The molecule has 0 unspecified atom stereocenters. The molecule has 3 aromatic rings. The van der Waals surface area contributed by atoms with E-state index in [0.717, 1.165) is 46.3 Å². The van der Waals surface area contributed by atoms with Gasteiger partial charge < -0.3 is 10.1 Å². The minimum Gasteiger partial charge on any atom is -0.497 e. The third-order valence-corrected chi connectivity index (χ3v) is 4.67. The van der Waals surface area contributed by atoms with Gasteiger partial charge in [0, 0.05) is 12.1 Å². The number of fused-ring (bicyclic) bond motifs is 1. The minimum absolute atomic E-state index is 0.193. The molecule has 0 spiro atoms. The average Bonchev–Trinajstić information content (AvgIpc) is 2.68. The Morgan fingerprint density at radius 2 is 1.67 bits per heavy atom. The molecular formula is C22H25N3O2. The number of nitrogens with one attached hydrogen (secondary N) is 1. The highest BCUT2D eigenvalue weighted by Gasteiger charge is 2.18. The van der Waals surface area contributed by atoms with Crippen LogP contribution in [0.25, 0.3) is 22.3 Å². The first-order valence-electron chi connectivity index (χ1n) is 9.25. The molecular weight excluding hydrogens is 338 g/mol. The number of carbonyl (C=O) groups excluding carboxylic acids is 1. The molecule has 1 heterocycles. The molecule has 0 aliphatic carbocycles. The van der Waals surface area contributed by atoms with Crippen LogP contribution in [0.5, 0.6) is 5.75 Å². The molecule has 5 heteroatoms. The monoisotopic (exact) mass is 363 g/mol. The van der Waals surface area contributed by atoms with Crippen LogP contribution in [-0.4, -0.2) is 29.5 Å². The predicted octanol–water partition coefficient (Wildman–Crippen LogP) is 4.45. The number of nitrogens with zero attached hydrogens (tertiary/aromatic N) is 2. The van der Waals surface area contributed by atoms with Crippen LogP contribution in [0.4, 0.5) is 0 Å². The summed E-state index contributed by atoms with van der Waals surface area (Å²) in [4.78, 5) is 22.3. The molecule has 0 saturated heterocycles. The summed E-state index contributed by atoms with van der Waals surface area (Å²) in [7, 11) is 1.63. The van der Waals surface area contributed by atoms with Gasteiger partial charge in [-0.3, -0.25) is 4.79 Å². The Morgan fingerprint density at radius 3 is 2.26 bits per heavy atom. The lowest BCUT2D eigenvalue weighted by Crippen LogP contribution is -2.26. The summed E-state index contributed by atoms with van der Waals surface area (Å²) >= 11 is 0. The fourth-order valence-corrected chi connectivity index (χ4v) is 2.88. The summed E-state index contributed by atoms with van der Waals surface area (Å²) in [6.45, 7) is 6.81. The third-order valence-electron chi connectivity index (χ3n) is 4.67. The zero-order valence-electron chi connectivity index (χ0n) is 16.3. The quantitative estimate of drug-likeness (QED) is 0.657. The maximum Gasteiger partial charge on any atom is 0.272 e. The van der Waals surface area contributed by atoms with E-state index in [2.05, 4.69) is 24.1 Å². The van der Waals surface area contributed by atoms with Crippen LogP contribution < -0.4 is 10.1 Å². The van der Waals surface area contributed by atoms with Gasteiger partial charge in [0.15, 0.2) is 5.69 Å². The molecule has 1 N–H and O–H groups in total. The first-order valence-corrected chi connectivity index (χ1v) is 9.25. The van der Waals surface area contributed by atoms with Crippen molar-refractivity contribution in [2.24, 2.45) is 0 Å². The highest BCUT2D eigenvalue weighted by molar-refractivity contribution is 6.00. The second kappa shape index (κ2) is 8.16. The highest BCUT2D eigenvalue weighted by Crippen LogP contribution is 2.26. The fourth-order valence-electron chi connectivity index (χ4n) is 2.88. The van der Waals surface area contributed by atoms with Crippen LogP contribution in [0, 0.1) is 13.8 Å². The zero-order chi connectivity index (χ0) is 19.4. The number of rotatable bonds is 6. The molecule has 1 aromatic heterocycles. The van der Waals surface area contributed by atoms with Gasteiger partial charge in [-0.1, -0.05) is 13.3 Å². The molecule has 0 saturated carbocycles.